The number of hydrogen-bond acceptors (Lipinski definition) is 4. The Morgan fingerprint density at radius 1 is 0.677 bits per heavy atom. The zero-order valence-corrected chi connectivity index (χ0v) is 20.1. The van der Waals surface area contributed by atoms with E-state index in [0.29, 0.717) is 17.7 Å². The van der Waals surface area contributed by atoms with Gasteiger partial charge in [0.1, 0.15) is 6.10 Å². The van der Waals surface area contributed by atoms with Crippen LogP contribution >= 0.6 is 0 Å². The zero-order valence-electron chi connectivity index (χ0n) is 20.1. The first-order chi connectivity index (χ1) is 15.1. The highest BCUT2D eigenvalue weighted by Gasteiger charge is 2.21. The standard InChI is InChI=1S/C27H44O4/c1-4-7-9-10-11-12-13-14-17-22-30-26(28)24-20-15-16-21-25(24)27(29)31-23(18-6-3)19-8-5-2/h15-16,20-21,23H,4-14,17-19,22H2,1-3H3. The van der Waals surface area contributed by atoms with Crippen molar-refractivity contribution < 1.29 is 19.1 Å². The maximum atomic E-state index is 12.7. The summed E-state index contributed by atoms with van der Waals surface area (Å²) in [4.78, 5) is 25.3. The molecule has 1 rings (SSSR count). The van der Waals surface area contributed by atoms with Gasteiger partial charge in [-0.1, -0.05) is 104 Å². The first-order valence-electron chi connectivity index (χ1n) is 12.6. The average Bonchev–Trinajstić information content (AvgIpc) is 2.78. The molecule has 4 heteroatoms. The van der Waals surface area contributed by atoms with Gasteiger partial charge in [0, 0.05) is 0 Å². The van der Waals surface area contributed by atoms with E-state index in [9.17, 15) is 9.59 Å². The molecule has 1 unspecified atom stereocenters. The Hall–Kier alpha value is -1.84. The van der Waals surface area contributed by atoms with Gasteiger partial charge in [-0.05, 0) is 31.4 Å². The highest BCUT2D eigenvalue weighted by Crippen LogP contribution is 2.17. The van der Waals surface area contributed by atoms with Crippen molar-refractivity contribution in [2.75, 3.05) is 6.61 Å². The van der Waals surface area contributed by atoms with Crippen molar-refractivity contribution in [3.63, 3.8) is 0 Å². The van der Waals surface area contributed by atoms with Gasteiger partial charge in [0.15, 0.2) is 0 Å². The normalized spacial score (nSPS) is 11.8. The highest BCUT2D eigenvalue weighted by atomic mass is 16.5. The lowest BCUT2D eigenvalue weighted by molar-refractivity contribution is 0.0246. The summed E-state index contributed by atoms with van der Waals surface area (Å²) in [5.74, 6) is -0.863. The first kappa shape index (κ1) is 27.2. The summed E-state index contributed by atoms with van der Waals surface area (Å²) in [6.07, 6.45) is 15.6. The van der Waals surface area contributed by atoms with Gasteiger partial charge >= 0.3 is 11.9 Å². The Morgan fingerprint density at radius 2 is 1.23 bits per heavy atom. The molecule has 0 N–H and O–H groups in total. The molecule has 176 valence electrons. The Balaban J connectivity index is 2.43. The number of unbranched alkanes of at least 4 members (excludes halogenated alkanes) is 9. The minimum atomic E-state index is -0.437. The number of carbonyl (C=O) groups is 2. The van der Waals surface area contributed by atoms with Crippen molar-refractivity contribution in [2.45, 2.75) is 117 Å². The van der Waals surface area contributed by atoms with E-state index in [-0.39, 0.29) is 6.10 Å². The van der Waals surface area contributed by atoms with E-state index >= 15 is 0 Å². The highest BCUT2D eigenvalue weighted by molar-refractivity contribution is 6.03. The molecule has 4 nitrogen and oxygen atoms in total. The minimum absolute atomic E-state index is 0.0940. The predicted octanol–water partition coefficient (Wildman–Crippen LogP) is 7.89. The number of esters is 2. The van der Waals surface area contributed by atoms with Gasteiger partial charge in [-0.2, -0.15) is 0 Å². The minimum Gasteiger partial charge on any atom is -0.462 e. The van der Waals surface area contributed by atoms with Crippen LogP contribution < -0.4 is 0 Å². The second-order valence-electron chi connectivity index (χ2n) is 8.47. The van der Waals surface area contributed by atoms with Crippen LogP contribution in [0.4, 0.5) is 0 Å². The summed E-state index contributed by atoms with van der Waals surface area (Å²) in [6, 6.07) is 6.82. The molecule has 0 fully saturated rings. The summed E-state index contributed by atoms with van der Waals surface area (Å²) in [7, 11) is 0. The molecule has 0 aromatic heterocycles. The molecule has 0 saturated carbocycles. The molecular formula is C27H44O4. The number of carbonyl (C=O) groups excluding carboxylic acids is 2. The van der Waals surface area contributed by atoms with Gasteiger partial charge in [0.25, 0.3) is 0 Å². The van der Waals surface area contributed by atoms with E-state index in [0.717, 1.165) is 44.9 Å². The Labute approximate surface area is 190 Å². The van der Waals surface area contributed by atoms with Crippen molar-refractivity contribution in [1.82, 2.24) is 0 Å². The summed E-state index contributed by atoms with van der Waals surface area (Å²) < 4.78 is 11.2. The van der Waals surface area contributed by atoms with Crippen molar-refractivity contribution in [3.8, 4) is 0 Å². The molecular weight excluding hydrogens is 388 g/mol. The fourth-order valence-corrected chi connectivity index (χ4v) is 3.73. The summed E-state index contributed by atoms with van der Waals surface area (Å²) >= 11 is 0. The number of rotatable bonds is 18. The Kier molecular flexibility index (Phi) is 15.6. The number of benzene rings is 1. The molecule has 0 radical (unpaired) electrons. The quantitative estimate of drug-likeness (QED) is 0.175. The molecule has 1 aromatic rings. The zero-order chi connectivity index (χ0) is 22.7. The molecule has 0 bridgehead atoms. The second-order valence-corrected chi connectivity index (χ2v) is 8.47. The van der Waals surface area contributed by atoms with Gasteiger partial charge in [0.2, 0.25) is 0 Å². The summed E-state index contributed by atoms with van der Waals surface area (Å²) in [6.45, 7) is 6.85. The summed E-state index contributed by atoms with van der Waals surface area (Å²) in [5.41, 5.74) is 0.603. The van der Waals surface area contributed by atoms with Crippen molar-refractivity contribution in [1.29, 1.82) is 0 Å². The maximum absolute atomic E-state index is 12.7. The first-order valence-corrected chi connectivity index (χ1v) is 12.6. The van der Waals surface area contributed by atoms with Gasteiger partial charge in [-0.3, -0.25) is 0 Å². The molecule has 0 aliphatic rings. The molecule has 0 spiro atoms. The van der Waals surface area contributed by atoms with E-state index in [1.807, 2.05) is 0 Å². The Bertz CT molecular complexity index is 611. The second kappa shape index (κ2) is 17.8. The van der Waals surface area contributed by atoms with E-state index < -0.39 is 11.9 Å². The van der Waals surface area contributed by atoms with Crippen LogP contribution in [0.2, 0.25) is 0 Å². The lowest BCUT2D eigenvalue weighted by Gasteiger charge is -2.18. The lowest BCUT2D eigenvalue weighted by atomic mass is 10.1. The smallest absolute Gasteiger partial charge is 0.339 e. The largest absolute Gasteiger partial charge is 0.462 e. The van der Waals surface area contributed by atoms with Crippen LogP contribution in [-0.4, -0.2) is 24.6 Å². The van der Waals surface area contributed by atoms with Gasteiger partial charge < -0.3 is 9.47 Å². The van der Waals surface area contributed by atoms with Crippen LogP contribution in [0.1, 0.15) is 131 Å². The molecule has 31 heavy (non-hydrogen) atoms. The maximum Gasteiger partial charge on any atom is 0.339 e. The van der Waals surface area contributed by atoms with Crippen LogP contribution in [0, 0.1) is 0 Å². The average molecular weight is 433 g/mol. The van der Waals surface area contributed by atoms with Gasteiger partial charge in [-0.15, -0.1) is 0 Å². The van der Waals surface area contributed by atoms with E-state index in [2.05, 4.69) is 20.8 Å². The predicted molar refractivity (Wildman–Crippen MR) is 128 cm³/mol. The van der Waals surface area contributed by atoms with E-state index in [4.69, 9.17) is 9.47 Å². The molecule has 0 aliphatic carbocycles. The molecule has 0 heterocycles. The fraction of sp³-hybridized carbons (Fsp3) is 0.704. The number of ether oxygens (including phenoxy) is 2. The molecule has 0 amide bonds. The molecule has 1 atom stereocenters. The van der Waals surface area contributed by atoms with Crippen LogP contribution in [0.15, 0.2) is 24.3 Å². The number of hydrogen-bond donors (Lipinski definition) is 0. The van der Waals surface area contributed by atoms with Crippen molar-refractivity contribution in [2.24, 2.45) is 0 Å². The van der Waals surface area contributed by atoms with Crippen LogP contribution in [0.5, 0.6) is 0 Å². The topological polar surface area (TPSA) is 52.6 Å². The SMILES string of the molecule is CCCCCCCCCCCOC(=O)c1ccccc1C(=O)OC(CCC)CCCC. The van der Waals surface area contributed by atoms with Crippen LogP contribution in [0.25, 0.3) is 0 Å². The molecule has 0 aliphatic heterocycles. The third-order valence-electron chi connectivity index (χ3n) is 5.61. The Morgan fingerprint density at radius 3 is 1.81 bits per heavy atom. The third-order valence-corrected chi connectivity index (χ3v) is 5.61. The molecule has 1 aromatic carbocycles. The molecule has 0 saturated heterocycles. The summed E-state index contributed by atoms with van der Waals surface area (Å²) in [5, 5.41) is 0. The van der Waals surface area contributed by atoms with E-state index in [1.165, 1.54) is 44.9 Å². The fourth-order valence-electron chi connectivity index (χ4n) is 3.73. The monoisotopic (exact) mass is 432 g/mol. The van der Waals surface area contributed by atoms with Crippen LogP contribution in [0.3, 0.4) is 0 Å². The van der Waals surface area contributed by atoms with Crippen molar-refractivity contribution >= 4 is 11.9 Å². The van der Waals surface area contributed by atoms with E-state index in [1.54, 1.807) is 24.3 Å². The third kappa shape index (κ3) is 11.9. The lowest BCUT2D eigenvalue weighted by Crippen LogP contribution is -2.21. The van der Waals surface area contributed by atoms with Crippen LogP contribution in [-0.2, 0) is 9.47 Å². The van der Waals surface area contributed by atoms with Crippen molar-refractivity contribution in [3.05, 3.63) is 35.4 Å². The van der Waals surface area contributed by atoms with Gasteiger partial charge in [-0.25, -0.2) is 9.59 Å². The van der Waals surface area contributed by atoms with Gasteiger partial charge in [0.05, 0.1) is 17.7 Å².